The van der Waals surface area contributed by atoms with Gasteiger partial charge in [-0.25, -0.2) is 0 Å². The Bertz CT molecular complexity index is 609. The highest BCUT2D eigenvalue weighted by Gasteiger charge is 2.11. The number of aryl methyl sites for hydroxylation is 1. The number of rotatable bonds is 3. The first-order valence-electron chi connectivity index (χ1n) is 5.99. The minimum absolute atomic E-state index is 0.0240. The summed E-state index contributed by atoms with van der Waals surface area (Å²) in [5.41, 5.74) is 8.48. The summed E-state index contributed by atoms with van der Waals surface area (Å²) in [4.78, 5) is 12.0. The van der Waals surface area contributed by atoms with Crippen LogP contribution in [0.2, 0.25) is 0 Å². The van der Waals surface area contributed by atoms with Crippen LogP contribution in [-0.4, -0.2) is 11.0 Å². The Balaban J connectivity index is 2.10. The van der Waals surface area contributed by atoms with Crippen molar-refractivity contribution in [3.63, 3.8) is 0 Å². The molecule has 0 aliphatic carbocycles. The van der Waals surface area contributed by atoms with Gasteiger partial charge in [0.05, 0.1) is 5.56 Å². The maximum absolute atomic E-state index is 12.0. The Morgan fingerprint density at radius 2 is 2.00 bits per heavy atom. The normalized spacial score (nSPS) is 10.2. The summed E-state index contributed by atoms with van der Waals surface area (Å²) in [7, 11) is 0. The van der Waals surface area contributed by atoms with Crippen molar-refractivity contribution < 1.29 is 9.90 Å². The molecule has 0 aromatic heterocycles. The molecule has 98 valence electrons. The molecule has 4 heteroatoms. The van der Waals surface area contributed by atoms with E-state index in [1.165, 1.54) is 6.07 Å². The number of carbonyl (C=O) groups is 1. The number of anilines is 1. The third kappa shape index (κ3) is 3.04. The van der Waals surface area contributed by atoms with E-state index >= 15 is 0 Å². The third-order valence-corrected chi connectivity index (χ3v) is 2.89. The van der Waals surface area contributed by atoms with Crippen LogP contribution in [0.15, 0.2) is 42.5 Å². The van der Waals surface area contributed by atoms with E-state index in [1.807, 2.05) is 25.1 Å². The Hall–Kier alpha value is -2.49. The number of nitrogens with one attached hydrogen (secondary N) is 1. The fourth-order valence-corrected chi connectivity index (χ4v) is 1.80. The van der Waals surface area contributed by atoms with E-state index in [2.05, 4.69) is 5.32 Å². The average Bonchev–Trinajstić information content (AvgIpc) is 2.40. The van der Waals surface area contributed by atoms with Gasteiger partial charge in [0.15, 0.2) is 0 Å². The highest BCUT2D eigenvalue weighted by Crippen LogP contribution is 2.18. The molecular formula is C15H16N2O2. The molecule has 4 N–H and O–H groups in total. The lowest BCUT2D eigenvalue weighted by atomic mass is 10.1. The summed E-state index contributed by atoms with van der Waals surface area (Å²) in [5, 5.41) is 12.4. The van der Waals surface area contributed by atoms with E-state index in [0.717, 1.165) is 11.1 Å². The highest BCUT2D eigenvalue weighted by atomic mass is 16.3. The zero-order chi connectivity index (χ0) is 13.8. The van der Waals surface area contributed by atoms with Crippen molar-refractivity contribution in [2.45, 2.75) is 13.5 Å². The molecule has 0 unspecified atom stereocenters. The second-order valence-electron chi connectivity index (χ2n) is 4.40. The molecule has 19 heavy (non-hydrogen) atoms. The quantitative estimate of drug-likeness (QED) is 0.737. The Labute approximate surface area is 111 Å². The van der Waals surface area contributed by atoms with Gasteiger partial charge in [0.25, 0.3) is 5.91 Å². The van der Waals surface area contributed by atoms with Gasteiger partial charge in [-0.1, -0.05) is 29.8 Å². The van der Waals surface area contributed by atoms with Crippen molar-refractivity contribution in [2.75, 3.05) is 5.73 Å². The number of benzene rings is 2. The van der Waals surface area contributed by atoms with Crippen LogP contribution in [0.25, 0.3) is 0 Å². The largest absolute Gasteiger partial charge is 0.507 e. The van der Waals surface area contributed by atoms with Crippen LogP contribution >= 0.6 is 0 Å². The van der Waals surface area contributed by atoms with Crippen molar-refractivity contribution in [2.24, 2.45) is 0 Å². The van der Waals surface area contributed by atoms with Gasteiger partial charge in [0.1, 0.15) is 5.75 Å². The van der Waals surface area contributed by atoms with E-state index in [-0.39, 0.29) is 17.2 Å². The number of para-hydroxylation sites is 1. The molecule has 0 fully saturated rings. The van der Waals surface area contributed by atoms with Gasteiger partial charge >= 0.3 is 0 Å². The summed E-state index contributed by atoms with van der Waals surface area (Å²) in [6, 6.07) is 12.3. The Morgan fingerprint density at radius 3 is 2.74 bits per heavy atom. The monoisotopic (exact) mass is 256 g/mol. The van der Waals surface area contributed by atoms with Crippen molar-refractivity contribution in [3.8, 4) is 5.75 Å². The Morgan fingerprint density at radius 1 is 1.26 bits per heavy atom. The molecule has 0 aliphatic heterocycles. The van der Waals surface area contributed by atoms with Crippen LogP contribution in [-0.2, 0) is 6.54 Å². The number of hydrogen-bond acceptors (Lipinski definition) is 3. The summed E-state index contributed by atoms with van der Waals surface area (Å²) in [6.45, 7) is 2.20. The average molecular weight is 256 g/mol. The van der Waals surface area contributed by atoms with E-state index in [9.17, 15) is 9.90 Å². The number of nitrogen functional groups attached to an aromatic ring is 1. The van der Waals surface area contributed by atoms with Crippen LogP contribution in [0, 0.1) is 6.92 Å². The smallest absolute Gasteiger partial charge is 0.255 e. The number of amides is 1. The van der Waals surface area contributed by atoms with Crippen LogP contribution in [0.1, 0.15) is 21.5 Å². The minimum atomic E-state index is -0.315. The Kier molecular flexibility index (Phi) is 3.71. The standard InChI is InChI=1S/C15H16N2O2/c1-10-6-7-14(18)12(8-10)15(19)17-9-11-4-2-3-5-13(11)16/h2-8,18H,9,16H2,1H3,(H,17,19). The molecular weight excluding hydrogens is 240 g/mol. The van der Waals surface area contributed by atoms with Gasteiger partial charge in [-0.2, -0.15) is 0 Å². The molecule has 4 nitrogen and oxygen atoms in total. The summed E-state index contributed by atoms with van der Waals surface area (Å²) in [6.07, 6.45) is 0. The summed E-state index contributed by atoms with van der Waals surface area (Å²) in [5.74, 6) is -0.339. The summed E-state index contributed by atoms with van der Waals surface area (Å²) < 4.78 is 0. The molecule has 0 bridgehead atoms. The molecule has 0 spiro atoms. The molecule has 0 heterocycles. The van der Waals surface area contributed by atoms with E-state index in [4.69, 9.17) is 5.73 Å². The second-order valence-corrected chi connectivity index (χ2v) is 4.40. The first-order chi connectivity index (χ1) is 9.08. The van der Waals surface area contributed by atoms with Gasteiger partial charge in [-0.05, 0) is 30.7 Å². The minimum Gasteiger partial charge on any atom is -0.507 e. The number of carbonyl (C=O) groups excluding carboxylic acids is 1. The van der Waals surface area contributed by atoms with E-state index < -0.39 is 0 Å². The number of phenolic OH excluding ortho intramolecular Hbond substituents is 1. The predicted octanol–water partition coefficient (Wildman–Crippen LogP) is 2.21. The lowest BCUT2D eigenvalue weighted by molar-refractivity contribution is 0.0948. The van der Waals surface area contributed by atoms with Crippen molar-refractivity contribution in [1.29, 1.82) is 0 Å². The van der Waals surface area contributed by atoms with Gasteiger partial charge < -0.3 is 16.2 Å². The topological polar surface area (TPSA) is 75.3 Å². The molecule has 0 radical (unpaired) electrons. The molecule has 0 saturated heterocycles. The number of aromatic hydroxyl groups is 1. The lowest BCUT2D eigenvalue weighted by Gasteiger charge is -2.09. The van der Waals surface area contributed by atoms with Crippen LogP contribution < -0.4 is 11.1 Å². The van der Waals surface area contributed by atoms with Gasteiger partial charge in [-0.15, -0.1) is 0 Å². The zero-order valence-corrected chi connectivity index (χ0v) is 10.7. The first kappa shape index (κ1) is 13.0. The van der Waals surface area contributed by atoms with Crippen molar-refractivity contribution >= 4 is 11.6 Å². The van der Waals surface area contributed by atoms with Crippen molar-refractivity contribution in [1.82, 2.24) is 5.32 Å². The van der Waals surface area contributed by atoms with Gasteiger partial charge in [-0.3, -0.25) is 4.79 Å². The van der Waals surface area contributed by atoms with Crippen LogP contribution in [0.4, 0.5) is 5.69 Å². The van der Waals surface area contributed by atoms with E-state index in [1.54, 1.807) is 18.2 Å². The lowest BCUT2D eigenvalue weighted by Crippen LogP contribution is -2.23. The molecule has 0 saturated carbocycles. The molecule has 2 aromatic rings. The van der Waals surface area contributed by atoms with Crippen LogP contribution in [0.3, 0.4) is 0 Å². The second kappa shape index (κ2) is 5.44. The molecule has 2 aromatic carbocycles. The molecule has 1 amide bonds. The first-order valence-corrected chi connectivity index (χ1v) is 5.99. The molecule has 2 rings (SSSR count). The van der Waals surface area contributed by atoms with Gasteiger partial charge in [0, 0.05) is 12.2 Å². The maximum atomic E-state index is 12.0. The maximum Gasteiger partial charge on any atom is 0.255 e. The van der Waals surface area contributed by atoms with E-state index in [0.29, 0.717) is 12.2 Å². The molecule has 0 aliphatic rings. The zero-order valence-electron chi connectivity index (χ0n) is 10.7. The predicted molar refractivity (Wildman–Crippen MR) is 74.9 cm³/mol. The fraction of sp³-hybridized carbons (Fsp3) is 0.133. The highest BCUT2D eigenvalue weighted by molar-refractivity contribution is 5.97. The SMILES string of the molecule is Cc1ccc(O)c(C(=O)NCc2ccccc2N)c1. The van der Waals surface area contributed by atoms with Crippen molar-refractivity contribution in [3.05, 3.63) is 59.2 Å². The number of nitrogens with two attached hydrogens (primary N) is 1. The summed E-state index contributed by atoms with van der Waals surface area (Å²) >= 11 is 0. The fourth-order valence-electron chi connectivity index (χ4n) is 1.80. The van der Waals surface area contributed by atoms with Crippen LogP contribution in [0.5, 0.6) is 5.75 Å². The van der Waals surface area contributed by atoms with Gasteiger partial charge in [0.2, 0.25) is 0 Å². The third-order valence-electron chi connectivity index (χ3n) is 2.89. The molecule has 0 atom stereocenters. The number of hydrogen-bond donors (Lipinski definition) is 3. The number of phenols is 1.